The quantitative estimate of drug-likeness (QED) is 0.690. The summed E-state index contributed by atoms with van der Waals surface area (Å²) in [5.41, 5.74) is 6.73. The molecule has 2 aromatic rings. The van der Waals surface area contributed by atoms with Gasteiger partial charge < -0.3 is 4.74 Å². The molecule has 2 aromatic carbocycles. The standard InChI is InChI=1S/C18H20ClFO/c1-10-8-11(2)13(4)17(12(10)3)18(19)14-6-7-15(20)16(9-14)21-5/h6-9,18H,1-5H3. The number of ether oxygens (including phenoxy) is 1. The Labute approximate surface area is 130 Å². The van der Waals surface area contributed by atoms with Crippen molar-refractivity contribution in [2.75, 3.05) is 7.11 Å². The Bertz CT molecular complexity index is 653. The van der Waals surface area contributed by atoms with Gasteiger partial charge in [-0.1, -0.05) is 12.1 Å². The minimum absolute atomic E-state index is 0.220. The Morgan fingerprint density at radius 2 is 1.57 bits per heavy atom. The van der Waals surface area contributed by atoms with Gasteiger partial charge in [0.2, 0.25) is 0 Å². The molecule has 0 radical (unpaired) electrons. The zero-order valence-corrected chi connectivity index (χ0v) is 13.8. The predicted octanol–water partition coefficient (Wildman–Crippen LogP) is 5.40. The van der Waals surface area contributed by atoms with Gasteiger partial charge in [0.15, 0.2) is 11.6 Å². The molecule has 1 atom stereocenters. The summed E-state index contributed by atoms with van der Waals surface area (Å²) in [7, 11) is 1.46. The van der Waals surface area contributed by atoms with Crippen molar-refractivity contribution in [3.8, 4) is 5.75 Å². The Morgan fingerprint density at radius 3 is 2.10 bits per heavy atom. The molecule has 0 bridgehead atoms. The van der Waals surface area contributed by atoms with Crippen LogP contribution in [-0.4, -0.2) is 7.11 Å². The summed E-state index contributed by atoms with van der Waals surface area (Å²) < 4.78 is 18.6. The normalized spacial score (nSPS) is 12.3. The van der Waals surface area contributed by atoms with Crippen molar-refractivity contribution in [2.24, 2.45) is 0 Å². The zero-order valence-electron chi connectivity index (χ0n) is 13.1. The highest BCUT2D eigenvalue weighted by Gasteiger charge is 2.19. The third-order valence-corrected chi connectivity index (χ3v) is 4.62. The summed E-state index contributed by atoms with van der Waals surface area (Å²) in [4.78, 5) is 0. The van der Waals surface area contributed by atoms with Gasteiger partial charge in [-0.25, -0.2) is 4.39 Å². The smallest absolute Gasteiger partial charge is 0.165 e. The van der Waals surface area contributed by atoms with E-state index in [-0.39, 0.29) is 16.9 Å². The maximum atomic E-state index is 13.6. The molecule has 0 aromatic heterocycles. The van der Waals surface area contributed by atoms with E-state index in [9.17, 15) is 4.39 Å². The molecule has 0 amide bonds. The first-order chi connectivity index (χ1) is 9.86. The molecule has 112 valence electrons. The van der Waals surface area contributed by atoms with E-state index in [1.165, 1.54) is 35.4 Å². The molecule has 0 spiro atoms. The number of alkyl halides is 1. The van der Waals surface area contributed by atoms with Crippen molar-refractivity contribution in [3.05, 3.63) is 63.5 Å². The van der Waals surface area contributed by atoms with Gasteiger partial charge in [0.05, 0.1) is 12.5 Å². The van der Waals surface area contributed by atoms with Crippen molar-refractivity contribution < 1.29 is 9.13 Å². The van der Waals surface area contributed by atoms with Gasteiger partial charge in [-0.2, -0.15) is 0 Å². The summed E-state index contributed by atoms with van der Waals surface area (Å²) in [6.07, 6.45) is 0. The van der Waals surface area contributed by atoms with Crippen LogP contribution in [0.2, 0.25) is 0 Å². The van der Waals surface area contributed by atoms with E-state index in [0.29, 0.717) is 0 Å². The van der Waals surface area contributed by atoms with Crippen molar-refractivity contribution in [3.63, 3.8) is 0 Å². The van der Waals surface area contributed by atoms with Crippen LogP contribution in [0.5, 0.6) is 5.75 Å². The molecule has 1 unspecified atom stereocenters. The summed E-state index contributed by atoms with van der Waals surface area (Å²) in [5.74, 6) is -0.156. The summed E-state index contributed by atoms with van der Waals surface area (Å²) >= 11 is 6.69. The van der Waals surface area contributed by atoms with Crippen molar-refractivity contribution >= 4 is 11.6 Å². The fourth-order valence-corrected chi connectivity index (χ4v) is 3.09. The van der Waals surface area contributed by atoms with Gasteiger partial charge in [-0.05, 0) is 73.2 Å². The third kappa shape index (κ3) is 2.91. The summed E-state index contributed by atoms with van der Waals surface area (Å²) in [6.45, 7) is 8.32. The largest absolute Gasteiger partial charge is 0.494 e. The van der Waals surface area contributed by atoms with Crippen LogP contribution < -0.4 is 4.74 Å². The Kier molecular flexibility index (Phi) is 4.58. The van der Waals surface area contributed by atoms with Crippen LogP contribution in [0, 0.1) is 33.5 Å². The number of halogens is 2. The molecule has 3 heteroatoms. The second-order valence-corrected chi connectivity index (χ2v) is 5.87. The molecular formula is C18H20ClFO. The number of aryl methyl sites for hydroxylation is 2. The molecule has 0 aliphatic carbocycles. The first-order valence-electron chi connectivity index (χ1n) is 6.91. The highest BCUT2D eigenvalue weighted by Crippen LogP contribution is 2.37. The highest BCUT2D eigenvalue weighted by atomic mass is 35.5. The van der Waals surface area contributed by atoms with E-state index >= 15 is 0 Å². The Hall–Kier alpha value is -1.54. The van der Waals surface area contributed by atoms with Crippen LogP contribution in [-0.2, 0) is 0 Å². The van der Waals surface area contributed by atoms with Crippen molar-refractivity contribution in [2.45, 2.75) is 33.1 Å². The minimum Gasteiger partial charge on any atom is -0.494 e. The monoisotopic (exact) mass is 306 g/mol. The molecule has 0 N–H and O–H groups in total. The van der Waals surface area contributed by atoms with Crippen LogP contribution in [0.15, 0.2) is 24.3 Å². The van der Waals surface area contributed by atoms with E-state index in [4.69, 9.17) is 16.3 Å². The maximum Gasteiger partial charge on any atom is 0.165 e. The van der Waals surface area contributed by atoms with E-state index in [0.717, 1.165) is 11.1 Å². The highest BCUT2D eigenvalue weighted by molar-refractivity contribution is 6.22. The van der Waals surface area contributed by atoms with Crippen molar-refractivity contribution in [1.29, 1.82) is 0 Å². The van der Waals surface area contributed by atoms with Crippen LogP contribution >= 0.6 is 11.6 Å². The second-order valence-electron chi connectivity index (χ2n) is 5.43. The van der Waals surface area contributed by atoms with Crippen LogP contribution in [0.3, 0.4) is 0 Å². The molecule has 1 nitrogen and oxygen atoms in total. The zero-order chi connectivity index (χ0) is 15.7. The fraction of sp³-hybridized carbons (Fsp3) is 0.333. The summed E-state index contributed by atoms with van der Waals surface area (Å²) in [5, 5.41) is -0.321. The minimum atomic E-state index is -0.376. The molecule has 2 rings (SSSR count). The van der Waals surface area contributed by atoms with E-state index in [1.807, 2.05) is 0 Å². The predicted molar refractivity (Wildman–Crippen MR) is 86.0 cm³/mol. The molecule has 0 saturated carbocycles. The lowest BCUT2D eigenvalue weighted by Gasteiger charge is -2.20. The van der Waals surface area contributed by atoms with E-state index in [2.05, 4.69) is 33.8 Å². The topological polar surface area (TPSA) is 9.23 Å². The lowest BCUT2D eigenvalue weighted by Crippen LogP contribution is -2.04. The molecule has 0 aliphatic rings. The number of benzene rings is 2. The summed E-state index contributed by atoms with van der Waals surface area (Å²) in [6, 6.07) is 6.95. The molecule has 0 heterocycles. The van der Waals surface area contributed by atoms with Gasteiger partial charge in [0, 0.05) is 0 Å². The van der Waals surface area contributed by atoms with Crippen molar-refractivity contribution in [1.82, 2.24) is 0 Å². The van der Waals surface area contributed by atoms with Crippen LogP contribution in [0.4, 0.5) is 4.39 Å². The van der Waals surface area contributed by atoms with Gasteiger partial charge in [0.25, 0.3) is 0 Å². The molecule has 0 aliphatic heterocycles. The lowest BCUT2D eigenvalue weighted by molar-refractivity contribution is 0.386. The average Bonchev–Trinajstić information content (AvgIpc) is 2.45. The third-order valence-electron chi connectivity index (χ3n) is 4.15. The van der Waals surface area contributed by atoms with Gasteiger partial charge in [-0.3, -0.25) is 0 Å². The van der Waals surface area contributed by atoms with E-state index in [1.54, 1.807) is 12.1 Å². The van der Waals surface area contributed by atoms with Gasteiger partial charge in [-0.15, -0.1) is 11.6 Å². The SMILES string of the molecule is COc1cc(C(Cl)c2c(C)c(C)cc(C)c2C)ccc1F. The van der Waals surface area contributed by atoms with Crippen LogP contribution in [0.25, 0.3) is 0 Å². The lowest BCUT2D eigenvalue weighted by atomic mass is 9.90. The number of rotatable bonds is 3. The molecular weight excluding hydrogens is 287 g/mol. The first-order valence-corrected chi connectivity index (χ1v) is 7.35. The molecule has 21 heavy (non-hydrogen) atoms. The number of methoxy groups -OCH3 is 1. The first kappa shape index (κ1) is 15.8. The fourth-order valence-electron chi connectivity index (χ4n) is 2.63. The van der Waals surface area contributed by atoms with E-state index < -0.39 is 0 Å². The second kappa shape index (κ2) is 6.07. The number of hydrogen-bond acceptors (Lipinski definition) is 1. The van der Waals surface area contributed by atoms with Crippen LogP contribution in [0.1, 0.15) is 38.8 Å². The Morgan fingerprint density at radius 1 is 1.00 bits per heavy atom. The van der Waals surface area contributed by atoms with Gasteiger partial charge in [0.1, 0.15) is 0 Å². The maximum absolute atomic E-state index is 13.6. The average molecular weight is 307 g/mol. The van der Waals surface area contributed by atoms with Gasteiger partial charge >= 0.3 is 0 Å². The molecule has 0 fully saturated rings. The molecule has 0 saturated heterocycles. The number of hydrogen-bond donors (Lipinski definition) is 0. The Balaban J connectivity index is 2.57.